The molecule has 0 aromatic heterocycles. The standard InChI is InChI=1S/C16H14ClNO3/c17-10-5-6-12(13(19)8-10)16(21)18-15-11-4-2-1-3-9(11)7-14(15)20/h1-6,8,14-15,19-20H,7H2,(H,18,21). The summed E-state index contributed by atoms with van der Waals surface area (Å²) in [6.45, 7) is 0. The van der Waals surface area contributed by atoms with E-state index in [1.165, 1.54) is 18.2 Å². The Balaban J connectivity index is 1.85. The first-order valence-electron chi connectivity index (χ1n) is 6.61. The first kappa shape index (κ1) is 13.9. The van der Waals surface area contributed by atoms with E-state index >= 15 is 0 Å². The number of nitrogens with one attached hydrogen (secondary N) is 1. The second-order valence-electron chi connectivity index (χ2n) is 5.08. The Bertz CT molecular complexity index is 702. The molecule has 2 aromatic carbocycles. The maximum atomic E-state index is 12.3. The van der Waals surface area contributed by atoms with Crippen LogP contribution in [-0.2, 0) is 6.42 Å². The van der Waals surface area contributed by atoms with Gasteiger partial charge in [0.2, 0.25) is 0 Å². The maximum Gasteiger partial charge on any atom is 0.255 e. The van der Waals surface area contributed by atoms with Gasteiger partial charge in [0.25, 0.3) is 5.91 Å². The number of phenolic OH excluding ortho intramolecular Hbond substituents is 1. The number of carbonyl (C=O) groups is 1. The van der Waals surface area contributed by atoms with Crippen LogP contribution in [0.5, 0.6) is 5.75 Å². The lowest BCUT2D eigenvalue weighted by atomic mass is 10.1. The molecule has 0 fully saturated rings. The minimum Gasteiger partial charge on any atom is -0.507 e. The van der Waals surface area contributed by atoms with Crippen LogP contribution in [0.15, 0.2) is 42.5 Å². The molecule has 0 saturated carbocycles. The van der Waals surface area contributed by atoms with Crippen molar-refractivity contribution in [3.63, 3.8) is 0 Å². The number of carbonyl (C=O) groups excluding carboxylic acids is 1. The number of rotatable bonds is 2. The molecule has 3 rings (SSSR count). The maximum absolute atomic E-state index is 12.3. The normalized spacial score (nSPS) is 20.1. The fourth-order valence-electron chi connectivity index (χ4n) is 2.66. The van der Waals surface area contributed by atoms with Crippen LogP contribution in [0.3, 0.4) is 0 Å². The zero-order valence-electron chi connectivity index (χ0n) is 11.1. The second kappa shape index (κ2) is 5.39. The van der Waals surface area contributed by atoms with Crippen molar-refractivity contribution in [2.45, 2.75) is 18.6 Å². The monoisotopic (exact) mass is 303 g/mol. The number of aliphatic hydroxyl groups excluding tert-OH is 1. The lowest BCUT2D eigenvalue weighted by Crippen LogP contribution is -2.33. The lowest BCUT2D eigenvalue weighted by Gasteiger charge is -2.18. The molecule has 0 aliphatic heterocycles. The van der Waals surface area contributed by atoms with Crippen LogP contribution in [0, 0.1) is 0 Å². The van der Waals surface area contributed by atoms with Crippen LogP contribution in [0.1, 0.15) is 27.5 Å². The number of aliphatic hydroxyl groups is 1. The number of aromatic hydroxyl groups is 1. The smallest absolute Gasteiger partial charge is 0.255 e. The molecule has 108 valence electrons. The first-order chi connectivity index (χ1) is 10.1. The van der Waals surface area contributed by atoms with Gasteiger partial charge in [-0.2, -0.15) is 0 Å². The first-order valence-corrected chi connectivity index (χ1v) is 6.99. The molecule has 0 heterocycles. The minimum absolute atomic E-state index is 0.135. The molecule has 0 spiro atoms. The summed E-state index contributed by atoms with van der Waals surface area (Å²) in [6.07, 6.45) is -0.158. The van der Waals surface area contributed by atoms with Crippen molar-refractivity contribution >= 4 is 17.5 Å². The summed E-state index contributed by atoms with van der Waals surface area (Å²) in [4.78, 5) is 12.3. The molecule has 21 heavy (non-hydrogen) atoms. The van der Waals surface area contributed by atoms with E-state index in [0.29, 0.717) is 11.4 Å². The summed E-state index contributed by atoms with van der Waals surface area (Å²) in [7, 11) is 0. The van der Waals surface area contributed by atoms with Crippen molar-refractivity contribution in [2.75, 3.05) is 0 Å². The van der Waals surface area contributed by atoms with Crippen molar-refractivity contribution in [1.82, 2.24) is 5.32 Å². The molecule has 0 bridgehead atoms. The van der Waals surface area contributed by atoms with Crippen molar-refractivity contribution in [3.8, 4) is 5.75 Å². The van der Waals surface area contributed by atoms with Gasteiger partial charge in [-0.1, -0.05) is 35.9 Å². The van der Waals surface area contributed by atoms with E-state index in [1.54, 1.807) is 0 Å². The summed E-state index contributed by atoms with van der Waals surface area (Å²) in [5.74, 6) is -0.620. The summed E-state index contributed by atoms with van der Waals surface area (Å²) in [5, 5.41) is 23.0. The predicted molar refractivity (Wildman–Crippen MR) is 79.5 cm³/mol. The Morgan fingerprint density at radius 1 is 1.24 bits per heavy atom. The van der Waals surface area contributed by atoms with Gasteiger partial charge in [-0.3, -0.25) is 4.79 Å². The average molecular weight is 304 g/mol. The Morgan fingerprint density at radius 2 is 2.00 bits per heavy atom. The van der Waals surface area contributed by atoms with Crippen LogP contribution in [-0.4, -0.2) is 22.2 Å². The molecular weight excluding hydrogens is 290 g/mol. The van der Waals surface area contributed by atoms with Crippen LogP contribution in [0.2, 0.25) is 5.02 Å². The van der Waals surface area contributed by atoms with Gasteiger partial charge in [-0.05, 0) is 29.3 Å². The molecule has 0 saturated heterocycles. The summed E-state index contributed by atoms with van der Waals surface area (Å²) < 4.78 is 0. The van der Waals surface area contributed by atoms with Gasteiger partial charge >= 0.3 is 0 Å². The number of hydrogen-bond donors (Lipinski definition) is 3. The van der Waals surface area contributed by atoms with Gasteiger partial charge in [0.05, 0.1) is 17.7 Å². The molecule has 4 nitrogen and oxygen atoms in total. The van der Waals surface area contributed by atoms with Crippen molar-refractivity contribution in [3.05, 3.63) is 64.2 Å². The molecule has 2 aromatic rings. The topological polar surface area (TPSA) is 69.6 Å². The third-order valence-electron chi connectivity index (χ3n) is 3.69. The van der Waals surface area contributed by atoms with E-state index in [2.05, 4.69) is 5.32 Å². The zero-order valence-corrected chi connectivity index (χ0v) is 11.8. The van der Waals surface area contributed by atoms with Gasteiger partial charge in [-0.15, -0.1) is 0 Å². The van der Waals surface area contributed by atoms with Crippen molar-refractivity contribution < 1.29 is 15.0 Å². The largest absolute Gasteiger partial charge is 0.507 e. The second-order valence-corrected chi connectivity index (χ2v) is 5.52. The highest BCUT2D eigenvalue weighted by Crippen LogP contribution is 2.32. The number of fused-ring (bicyclic) bond motifs is 1. The van der Waals surface area contributed by atoms with Crippen molar-refractivity contribution in [2.24, 2.45) is 0 Å². The number of amides is 1. The molecule has 5 heteroatoms. The molecule has 1 aliphatic carbocycles. The molecular formula is C16H14ClNO3. The summed E-state index contributed by atoms with van der Waals surface area (Å²) in [5.41, 5.74) is 2.07. The van der Waals surface area contributed by atoms with Crippen LogP contribution >= 0.6 is 11.6 Å². The quantitative estimate of drug-likeness (QED) is 0.798. The molecule has 2 unspecified atom stereocenters. The lowest BCUT2D eigenvalue weighted by molar-refractivity contribution is 0.0855. The Hall–Kier alpha value is -2.04. The Labute approximate surface area is 127 Å². The minimum atomic E-state index is -0.666. The van der Waals surface area contributed by atoms with Gasteiger partial charge < -0.3 is 15.5 Å². The third-order valence-corrected chi connectivity index (χ3v) is 3.93. The third kappa shape index (κ3) is 2.60. The summed E-state index contributed by atoms with van der Waals surface area (Å²) in [6, 6.07) is 11.4. The molecule has 0 radical (unpaired) electrons. The van der Waals surface area contributed by atoms with E-state index in [1.807, 2.05) is 24.3 Å². The van der Waals surface area contributed by atoms with Gasteiger partial charge in [-0.25, -0.2) is 0 Å². The molecule has 1 aliphatic rings. The Morgan fingerprint density at radius 3 is 2.76 bits per heavy atom. The van der Waals surface area contributed by atoms with Gasteiger partial charge in [0, 0.05) is 11.4 Å². The fourth-order valence-corrected chi connectivity index (χ4v) is 2.83. The summed E-state index contributed by atoms with van der Waals surface area (Å²) >= 11 is 5.75. The van der Waals surface area contributed by atoms with Crippen LogP contribution in [0.4, 0.5) is 0 Å². The van der Waals surface area contributed by atoms with Crippen LogP contribution < -0.4 is 5.32 Å². The van der Waals surface area contributed by atoms with E-state index in [0.717, 1.165) is 11.1 Å². The number of hydrogen-bond acceptors (Lipinski definition) is 3. The highest BCUT2D eigenvalue weighted by atomic mass is 35.5. The van der Waals surface area contributed by atoms with Crippen LogP contribution in [0.25, 0.3) is 0 Å². The zero-order chi connectivity index (χ0) is 15.0. The van der Waals surface area contributed by atoms with Crippen molar-refractivity contribution in [1.29, 1.82) is 0 Å². The van der Waals surface area contributed by atoms with Gasteiger partial charge in [0.1, 0.15) is 5.75 Å². The van der Waals surface area contributed by atoms with E-state index in [9.17, 15) is 15.0 Å². The van der Waals surface area contributed by atoms with E-state index < -0.39 is 18.1 Å². The number of halogens is 1. The number of benzene rings is 2. The Kier molecular flexibility index (Phi) is 3.57. The van der Waals surface area contributed by atoms with E-state index in [-0.39, 0.29) is 11.3 Å². The average Bonchev–Trinajstić information content (AvgIpc) is 2.75. The molecule has 2 atom stereocenters. The fraction of sp³-hybridized carbons (Fsp3) is 0.188. The number of phenols is 1. The molecule has 1 amide bonds. The highest BCUT2D eigenvalue weighted by Gasteiger charge is 2.32. The highest BCUT2D eigenvalue weighted by molar-refractivity contribution is 6.30. The van der Waals surface area contributed by atoms with Gasteiger partial charge in [0.15, 0.2) is 0 Å². The van der Waals surface area contributed by atoms with E-state index in [4.69, 9.17) is 11.6 Å². The SMILES string of the molecule is O=C(NC1c2ccccc2CC1O)c1ccc(Cl)cc1O. The molecule has 3 N–H and O–H groups in total. The predicted octanol–water partition coefficient (Wildman–Crippen LogP) is 2.43.